The highest BCUT2D eigenvalue weighted by atomic mass is 127. The highest BCUT2D eigenvalue weighted by molar-refractivity contribution is 14.0. The molecule has 2 aromatic rings. The molecule has 0 aromatic heterocycles. The van der Waals surface area contributed by atoms with E-state index in [1.54, 1.807) is 7.05 Å². The van der Waals surface area contributed by atoms with E-state index in [9.17, 15) is 0 Å². The molecule has 25 heavy (non-hydrogen) atoms. The minimum Gasteiger partial charge on any atom is -0.380 e. The van der Waals surface area contributed by atoms with Crippen molar-refractivity contribution in [2.45, 2.75) is 12.8 Å². The van der Waals surface area contributed by atoms with Gasteiger partial charge in [-0.05, 0) is 18.1 Å². The molecule has 0 saturated heterocycles. The third-order valence-corrected chi connectivity index (χ3v) is 3.84. The van der Waals surface area contributed by atoms with Gasteiger partial charge >= 0.3 is 0 Å². The SMILES string of the molecule is CCOCCNC(=NC)NCC(c1ccccc1)c1ccccc1.I. The Morgan fingerprint density at radius 3 is 2.00 bits per heavy atom. The van der Waals surface area contributed by atoms with Crippen LogP contribution in [0.1, 0.15) is 24.0 Å². The minimum atomic E-state index is 0. The first-order valence-corrected chi connectivity index (χ1v) is 8.47. The maximum absolute atomic E-state index is 5.35. The van der Waals surface area contributed by atoms with Crippen molar-refractivity contribution in [2.24, 2.45) is 4.99 Å². The van der Waals surface area contributed by atoms with Gasteiger partial charge in [0.25, 0.3) is 0 Å². The molecular weight excluding hydrogens is 425 g/mol. The molecule has 5 heteroatoms. The van der Waals surface area contributed by atoms with E-state index in [1.807, 2.05) is 19.1 Å². The fourth-order valence-electron chi connectivity index (χ4n) is 2.60. The van der Waals surface area contributed by atoms with E-state index in [4.69, 9.17) is 4.74 Å². The zero-order valence-electron chi connectivity index (χ0n) is 14.9. The number of benzene rings is 2. The number of nitrogens with one attached hydrogen (secondary N) is 2. The van der Waals surface area contributed by atoms with Gasteiger partial charge in [-0.25, -0.2) is 0 Å². The van der Waals surface area contributed by atoms with Gasteiger partial charge in [0.1, 0.15) is 0 Å². The molecule has 0 amide bonds. The molecule has 2 N–H and O–H groups in total. The van der Waals surface area contributed by atoms with Crippen molar-refractivity contribution in [3.63, 3.8) is 0 Å². The van der Waals surface area contributed by atoms with E-state index in [2.05, 4.69) is 64.2 Å². The van der Waals surface area contributed by atoms with Crippen molar-refractivity contribution in [3.05, 3.63) is 71.8 Å². The fourth-order valence-corrected chi connectivity index (χ4v) is 2.60. The van der Waals surface area contributed by atoms with Crippen LogP contribution in [0.25, 0.3) is 0 Å². The molecule has 136 valence electrons. The average molecular weight is 453 g/mol. The maximum atomic E-state index is 5.35. The molecule has 4 nitrogen and oxygen atoms in total. The minimum absolute atomic E-state index is 0. The number of aliphatic imine (C=N–C) groups is 1. The molecule has 0 bridgehead atoms. The van der Waals surface area contributed by atoms with E-state index in [1.165, 1.54) is 11.1 Å². The Balaban J connectivity index is 0.00000312. The van der Waals surface area contributed by atoms with Crippen LogP contribution in [0.5, 0.6) is 0 Å². The van der Waals surface area contributed by atoms with Crippen LogP contribution in [-0.2, 0) is 4.74 Å². The summed E-state index contributed by atoms with van der Waals surface area (Å²) in [7, 11) is 1.79. The summed E-state index contributed by atoms with van der Waals surface area (Å²) in [5.41, 5.74) is 2.59. The Bertz CT molecular complexity index is 565. The van der Waals surface area contributed by atoms with Gasteiger partial charge in [0, 0.05) is 32.7 Å². The zero-order chi connectivity index (χ0) is 17.0. The average Bonchev–Trinajstić information content (AvgIpc) is 2.65. The quantitative estimate of drug-likeness (QED) is 0.278. The molecule has 0 aliphatic carbocycles. The molecular formula is C20H28IN3O. The maximum Gasteiger partial charge on any atom is 0.191 e. The Hall–Kier alpha value is -1.60. The standard InChI is InChI=1S/C20H27N3O.HI/c1-3-24-15-14-22-20(21-2)23-16-19(17-10-6-4-7-11-17)18-12-8-5-9-13-18;/h4-13,19H,3,14-16H2,1-2H3,(H2,21,22,23);1H. The van der Waals surface area contributed by atoms with Gasteiger partial charge in [-0.2, -0.15) is 0 Å². The van der Waals surface area contributed by atoms with Crippen LogP contribution in [0, 0.1) is 0 Å². The lowest BCUT2D eigenvalue weighted by Gasteiger charge is -2.20. The Kier molecular flexibility index (Phi) is 10.9. The monoisotopic (exact) mass is 453 g/mol. The van der Waals surface area contributed by atoms with Gasteiger partial charge in [-0.15, -0.1) is 24.0 Å². The molecule has 0 radical (unpaired) electrons. The van der Waals surface area contributed by atoms with E-state index >= 15 is 0 Å². The first-order valence-electron chi connectivity index (χ1n) is 8.47. The molecule has 0 heterocycles. The van der Waals surface area contributed by atoms with Gasteiger partial charge < -0.3 is 15.4 Å². The molecule has 2 rings (SSSR count). The number of nitrogens with zero attached hydrogens (tertiary/aromatic N) is 1. The van der Waals surface area contributed by atoms with Crippen LogP contribution in [0.4, 0.5) is 0 Å². The van der Waals surface area contributed by atoms with Crippen molar-refractivity contribution in [1.82, 2.24) is 10.6 Å². The number of ether oxygens (including phenoxy) is 1. The lowest BCUT2D eigenvalue weighted by molar-refractivity contribution is 0.152. The normalized spacial score (nSPS) is 11.1. The largest absolute Gasteiger partial charge is 0.380 e. The summed E-state index contributed by atoms with van der Waals surface area (Å²) in [5.74, 6) is 1.07. The van der Waals surface area contributed by atoms with Crippen LogP contribution >= 0.6 is 24.0 Å². The topological polar surface area (TPSA) is 45.6 Å². The van der Waals surface area contributed by atoms with Crippen molar-refractivity contribution in [1.29, 1.82) is 0 Å². The predicted molar refractivity (Wildman–Crippen MR) is 116 cm³/mol. The predicted octanol–water partition coefficient (Wildman–Crippen LogP) is 3.64. The number of rotatable bonds is 8. The molecule has 0 atom stereocenters. The van der Waals surface area contributed by atoms with Gasteiger partial charge in [0.2, 0.25) is 0 Å². The first kappa shape index (κ1) is 21.4. The number of guanidine groups is 1. The first-order chi connectivity index (χ1) is 11.8. The fraction of sp³-hybridized carbons (Fsp3) is 0.350. The summed E-state index contributed by atoms with van der Waals surface area (Å²) in [6.45, 7) is 4.93. The number of halogens is 1. The van der Waals surface area contributed by atoms with Gasteiger partial charge in [0.05, 0.1) is 6.61 Å². The van der Waals surface area contributed by atoms with Gasteiger partial charge in [-0.3, -0.25) is 4.99 Å². The summed E-state index contributed by atoms with van der Waals surface area (Å²) in [5, 5.41) is 6.70. The second-order valence-corrected chi connectivity index (χ2v) is 5.45. The number of hydrogen-bond acceptors (Lipinski definition) is 2. The van der Waals surface area contributed by atoms with E-state index in [0.29, 0.717) is 6.61 Å². The zero-order valence-corrected chi connectivity index (χ0v) is 17.3. The van der Waals surface area contributed by atoms with Crippen molar-refractivity contribution >= 4 is 29.9 Å². The van der Waals surface area contributed by atoms with E-state index in [0.717, 1.165) is 25.7 Å². The molecule has 0 fully saturated rings. The summed E-state index contributed by atoms with van der Waals surface area (Å²) in [6.07, 6.45) is 0. The lowest BCUT2D eigenvalue weighted by Crippen LogP contribution is -2.40. The molecule has 0 aliphatic heterocycles. The Morgan fingerprint density at radius 1 is 0.960 bits per heavy atom. The smallest absolute Gasteiger partial charge is 0.191 e. The molecule has 2 aromatic carbocycles. The second kappa shape index (κ2) is 12.7. The Labute approximate surface area is 168 Å². The summed E-state index contributed by atoms with van der Waals surface area (Å²) in [4.78, 5) is 4.28. The summed E-state index contributed by atoms with van der Waals surface area (Å²) in [6, 6.07) is 21.1. The third kappa shape index (κ3) is 7.44. The van der Waals surface area contributed by atoms with Gasteiger partial charge in [-0.1, -0.05) is 60.7 Å². The van der Waals surface area contributed by atoms with Crippen LogP contribution in [-0.4, -0.2) is 39.3 Å². The molecule has 0 aliphatic rings. The van der Waals surface area contributed by atoms with Crippen LogP contribution in [0.3, 0.4) is 0 Å². The summed E-state index contributed by atoms with van der Waals surface area (Å²) >= 11 is 0. The molecule has 0 unspecified atom stereocenters. The highest BCUT2D eigenvalue weighted by Crippen LogP contribution is 2.23. The van der Waals surface area contributed by atoms with Crippen molar-refractivity contribution < 1.29 is 4.74 Å². The summed E-state index contributed by atoms with van der Waals surface area (Å²) < 4.78 is 5.35. The molecule has 0 saturated carbocycles. The van der Waals surface area contributed by atoms with E-state index < -0.39 is 0 Å². The van der Waals surface area contributed by atoms with Crippen LogP contribution in [0.2, 0.25) is 0 Å². The van der Waals surface area contributed by atoms with Crippen LogP contribution in [0.15, 0.2) is 65.7 Å². The van der Waals surface area contributed by atoms with Gasteiger partial charge in [0.15, 0.2) is 5.96 Å². The van der Waals surface area contributed by atoms with Crippen LogP contribution < -0.4 is 10.6 Å². The Morgan fingerprint density at radius 2 is 1.52 bits per heavy atom. The lowest BCUT2D eigenvalue weighted by atomic mass is 9.91. The van der Waals surface area contributed by atoms with Crippen molar-refractivity contribution in [3.8, 4) is 0 Å². The second-order valence-electron chi connectivity index (χ2n) is 5.45. The van der Waals surface area contributed by atoms with E-state index in [-0.39, 0.29) is 29.9 Å². The number of hydrogen-bond donors (Lipinski definition) is 2. The third-order valence-electron chi connectivity index (χ3n) is 3.84. The molecule has 0 spiro atoms. The highest BCUT2D eigenvalue weighted by Gasteiger charge is 2.14. The van der Waals surface area contributed by atoms with Crippen molar-refractivity contribution in [2.75, 3.05) is 33.4 Å².